The van der Waals surface area contributed by atoms with Gasteiger partial charge in [-0.05, 0) is 43.7 Å². The van der Waals surface area contributed by atoms with Crippen molar-refractivity contribution in [2.75, 3.05) is 19.2 Å². The Bertz CT molecular complexity index is 979. The number of fused-ring (bicyclic) bond motifs is 1. The summed E-state index contributed by atoms with van der Waals surface area (Å²) in [4.78, 5) is 27.3. The molecule has 2 aromatic carbocycles. The second kappa shape index (κ2) is 6.92. The van der Waals surface area contributed by atoms with Crippen LogP contribution in [0.5, 0.6) is 17.2 Å². The monoisotopic (exact) mass is 380 g/mol. The second-order valence-electron chi connectivity index (χ2n) is 6.75. The number of anilines is 1. The Kier molecular flexibility index (Phi) is 4.43. The molecule has 7 heteroatoms. The van der Waals surface area contributed by atoms with E-state index >= 15 is 0 Å². The van der Waals surface area contributed by atoms with Crippen molar-refractivity contribution in [1.29, 1.82) is 0 Å². The number of carbonyl (C=O) groups excluding carboxylic acids is 2. The van der Waals surface area contributed by atoms with Gasteiger partial charge < -0.3 is 19.5 Å². The normalized spacial score (nSPS) is 15.6. The summed E-state index contributed by atoms with van der Waals surface area (Å²) < 4.78 is 15.9. The predicted octanol–water partition coefficient (Wildman–Crippen LogP) is 3.02. The van der Waals surface area contributed by atoms with Gasteiger partial charge in [0, 0.05) is 17.8 Å². The first kappa shape index (κ1) is 17.9. The maximum absolute atomic E-state index is 13.0. The fourth-order valence-corrected chi connectivity index (χ4v) is 3.28. The lowest BCUT2D eigenvalue weighted by Gasteiger charge is -2.19. The van der Waals surface area contributed by atoms with Crippen LogP contribution in [0.25, 0.3) is 5.57 Å². The summed E-state index contributed by atoms with van der Waals surface area (Å²) in [5.74, 6) is 1.23. The van der Waals surface area contributed by atoms with Gasteiger partial charge in [-0.15, -0.1) is 0 Å². The summed E-state index contributed by atoms with van der Waals surface area (Å²) in [7, 11) is 1.58. The lowest BCUT2D eigenvalue weighted by Crippen LogP contribution is -2.38. The summed E-state index contributed by atoms with van der Waals surface area (Å²) in [6, 6.07) is 12.1. The van der Waals surface area contributed by atoms with E-state index in [1.165, 1.54) is 4.90 Å². The number of nitrogens with zero attached hydrogens (tertiary/aromatic N) is 1. The van der Waals surface area contributed by atoms with Crippen molar-refractivity contribution in [3.05, 3.63) is 53.7 Å². The molecule has 4 rings (SSSR count). The first-order valence-electron chi connectivity index (χ1n) is 8.93. The molecule has 0 aliphatic carbocycles. The van der Waals surface area contributed by atoms with E-state index in [9.17, 15) is 9.59 Å². The lowest BCUT2D eigenvalue weighted by atomic mass is 10.0. The Balaban J connectivity index is 1.76. The number of amides is 2. The van der Waals surface area contributed by atoms with Crippen LogP contribution in [0.3, 0.4) is 0 Å². The van der Waals surface area contributed by atoms with Crippen molar-refractivity contribution in [3.63, 3.8) is 0 Å². The molecule has 2 aromatic rings. The number of hydrogen-bond acceptors (Lipinski definition) is 6. The van der Waals surface area contributed by atoms with E-state index in [1.807, 2.05) is 13.8 Å². The van der Waals surface area contributed by atoms with Crippen molar-refractivity contribution < 1.29 is 23.8 Å². The molecule has 0 fully saturated rings. The van der Waals surface area contributed by atoms with Gasteiger partial charge in [-0.25, -0.2) is 0 Å². The van der Waals surface area contributed by atoms with E-state index in [0.29, 0.717) is 34.1 Å². The highest BCUT2D eigenvalue weighted by Gasteiger charge is 2.40. The molecule has 1 N–H and O–H groups in total. The number of benzene rings is 2. The van der Waals surface area contributed by atoms with E-state index in [1.54, 1.807) is 49.6 Å². The minimum Gasteiger partial charge on any atom is -0.497 e. The maximum Gasteiger partial charge on any atom is 0.278 e. The zero-order valence-corrected chi connectivity index (χ0v) is 15.8. The van der Waals surface area contributed by atoms with Gasteiger partial charge in [-0.3, -0.25) is 14.5 Å². The number of hydrogen-bond donors (Lipinski definition) is 1. The number of methoxy groups -OCH3 is 1. The molecule has 0 atom stereocenters. The Morgan fingerprint density at radius 1 is 1.00 bits per heavy atom. The topological polar surface area (TPSA) is 77.1 Å². The fourth-order valence-electron chi connectivity index (χ4n) is 3.28. The van der Waals surface area contributed by atoms with Crippen LogP contribution in [0.1, 0.15) is 19.4 Å². The van der Waals surface area contributed by atoms with Crippen LogP contribution in [0.2, 0.25) is 0 Å². The molecule has 0 aromatic heterocycles. The van der Waals surface area contributed by atoms with Crippen molar-refractivity contribution >= 4 is 23.1 Å². The number of nitrogens with one attached hydrogen (secondary N) is 1. The summed E-state index contributed by atoms with van der Waals surface area (Å²) in [5.41, 5.74) is 1.85. The number of rotatable bonds is 5. The third-order valence-corrected chi connectivity index (χ3v) is 4.65. The van der Waals surface area contributed by atoms with Crippen molar-refractivity contribution in [2.45, 2.75) is 19.9 Å². The van der Waals surface area contributed by atoms with Crippen LogP contribution in [0, 0.1) is 0 Å². The zero-order chi connectivity index (χ0) is 19.8. The van der Waals surface area contributed by atoms with Crippen LogP contribution in [0.4, 0.5) is 5.69 Å². The van der Waals surface area contributed by atoms with Gasteiger partial charge in [-0.2, -0.15) is 0 Å². The predicted molar refractivity (Wildman–Crippen MR) is 103 cm³/mol. The highest BCUT2D eigenvalue weighted by Crippen LogP contribution is 2.37. The van der Waals surface area contributed by atoms with E-state index in [4.69, 9.17) is 14.2 Å². The van der Waals surface area contributed by atoms with Crippen LogP contribution in [0.15, 0.2) is 48.2 Å². The van der Waals surface area contributed by atoms with E-state index < -0.39 is 0 Å². The second-order valence-corrected chi connectivity index (χ2v) is 6.75. The van der Waals surface area contributed by atoms with Gasteiger partial charge in [0.2, 0.25) is 6.79 Å². The van der Waals surface area contributed by atoms with Crippen molar-refractivity contribution in [2.24, 2.45) is 0 Å². The molecule has 0 unspecified atom stereocenters. The quantitative estimate of drug-likeness (QED) is 0.804. The molecule has 0 radical (unpaired) electrons. The lowest BCUT2D eigenvalue weighted by molar-refractivity contribution is -0.138. The average molecular weight is 380 g/mol. The molecule has 0 saturated carbocycles. The van der Waals surface area contributed by atoms with Gasteiger partial charge >= 0.3 is 0 Å². The van der Waals surface area contributed by atoms with E-state index in [0.717, 1.165) is 0 Å². The summed E-state index contributed by atoms with van der Waals surface area (Å²) in [5, 5.41) is 3.11. The smallest absolute Gasteiger partial charge is 0.278 e. The Morgan fingerprint density at radius 2 is 1.71 bits per heavy atom. The van der Waals surface area contributed by atoms with Crippen LogP contribution < -0.4 is 19.5 Å². The largest absolute Gasteiger partial charge is 0.497 e. The zero-order valence-electron chi connectivity index (χ0n) is 15.8. The molecular formula is C21H20N2O5. The van der Waals surface area contributed by atoms with Crippen LogP contribution in [-0.4, -0.2) is 36.7 Å². The number of ether oxygens (including phenoxy) is 3. The fraction of sp³-hybridized carbons (Fsp3) is 0.238. The third kappa shape index (κ3) is 2.94. The van der Waals surface area contributed by atoms with Gasteiger partial charge in [0.1, 0.15) is 11.4 Å². The summed E-state index contributed by atoms with van der Waals surface area (Å²) in [6.45, 7) is 3.78. The molecule has 7 nitrogen and oxygen atoms in total. The van der Waals surface area contributed by atoms with Crippen LogP contribution in [-0.2, 0) is 9.59 Å². The number of imide groups is 1. The van der Waals surface area contributed by atoms with Crippen LogP contribution >= 0.6 is 0 Å². The van der Waals surface area contributed by atoms with Gasteiger partial charge in [0.15, 0.2) is 11.5 Å². The van der Waals surface area contributed by atoms with Gasteiger partial charge in [0.25, 0.3) is 11.8 Å². The molecule has 0 spiro atoms. The van der Waals surface area contributed by atoms with E-state index in [-0.39, 0.29) is 30.3 Å². The first-order chi connectivity index (χ1) is 13.5. The van der Waals surface area contributed by atoms with Gasteiger partial charge in [-0.1, -0.05) is 12.1 Å². The molecule has 28 heavy (non-hydrogen) atoms. The molecular weight excluding hydrogens is 360 g/mol. The molecule has 0 bridgehead atoms. The number of carbonyl (C=O) groups is 2. The average Bonchev–Trinajstić information content (AvgIpc) is 3.24. The van der Waals surface area contributed by atoms with Gasteiger partial charge in [0.05, 0.1) is 12.7 Å². The minimum atomic E-state index is -0.358. The molecule has 2 amide bonds. The molecule has 2 aliphatic heterocycles. The van der Waals surface area contributed by atoms with E-state index in [2.05, 4.69) is 5.32 Å². The van der Waals surface area contributed by atoms with Crippen molar-refractivity contribution in [1.82, 2.24) is 4.90 Å². The third-order valence-electron chi connectivity index (χ3n) is 4.65. The highest BCUT2D eigenvalue weighted by molar-refractivity contribution is 6.36. The van der Waals surface area contributed by atoms with Crippen molar-refractivity contribution in [3.8, 4) is 17.2 Å². The summed E-state index contributed by atoms with van der Waals surface area (Å²) >= 11 is 0. The molecule has 0 saturated heterocycles. The summed E-state index contributed by atoms with van der Waals surface area (Å²) in [6.07, 6.45) is 0. The first-order valence-corrected chi connectivity index (χ1v) is 8.93. The Morgan fingerprint density at radius 3 is 2.39 bits per heavy atom. The Labute approximate surface area is 162 Å². The highest BCUT2D eigenvalue weighted by atomic mass is 16.7. The molecule has 2 aliphatic rings. The Hall–Kier alpha value is -3.48. The molecule has 144 valence electrons. The standard InChI is InChI=1S/C21H20N2O5/c1-12(2)23-20(24)18(13-4-7-15(26-3)8-5-13)19(21(23)25)22-14-6-9-16-17(10-14)28-11-27-16/h4-10,12,22H,11H2,1-3H3. The maximum atomic E-state index is 13.0. The minimum absolute atomic E-state index is 0.164. The molecule has 2 heterocycles. The SMILES string of the molecule is COc1ccc(C2=C(Nc3ccc4c(c3)OCO4)C(=O)N(C(C)C)C2=O)cc1.